The van der Waals surface area contributed by atoms with Gasteiger partial charge in [-0.2, -0.15) is 0 Å². The molecule has 37 heavy (non-hydrogen) atoms. The second-order valence-corrected chi connectivity index (χ2v) is 9.31. The van der Waals surface area contributed by atoms with Crippen LogP contribution in [0, 0.1) is 18.6 Å². The van der Waals surface area contributed by atoms with Crippen LogP contribution in [-0.4, -0.2) is 21.5 Å². The molecule has 0 saturated carbocycles. The predicted molar refractivity (Wildman–Crippen MR) is 137 cm³/mol. The third-order valence-corrected chi connectivity index (χ3v) is 6.46. The molecule has 2 aromatic heterocycles. The molecule has 0 radical (unpaired) electrons. The van der Waals surface area contributed by atoms with Gasteiger partial charge in [0.1, 0.15) is 17.3 Å². The van der Waals surface area contributed by atoms with E-state index in [1.54, 1.807) is 30.5 Å². The van der Waals surface area contributed by atoms with E-state index < -0.39 is 11.9 Å². The number of hydrogen-bond donors (Lipinski definition) is 0. The largest absolute Gasteiger partial charge is 0.387 e. The first-order valence-corrected chi connectivity index (χ1v) is 12.1. The van der Waals surface area contributed by atoms with Crippen molar-refractivity contribution in [3.05, 3.63) is 119 Å². The van der Waals surface area contributed by atoms with E-state index in [0.717, 1.165) is 23.0 Å². The fourth-order valence-corrected chi connectivity index (χ4v) is 4.43. The Morgan fingerprint density at radius 3 is 2.65 bits per heavy atom. The minimum atomic E-state index is -0.437. The number of ketones is 1. The molecular weight excluding hydrogens is 472 g/mol. The third-order valence-electron chi connectivity index (χ3n) is 6.46. The van der Waals surface area contributed by atoms with Gasteiger partial charge >= 0.3 is 0 Å². The average Bonchev–Trinajstić information content (AvgIpc) is 3.40. The SMILES string of the molecule is Cc1ccc(-c2cc(C(=O)C[C@H](C)c3ccc(F)cn3)cc(C3CC(c4ccccn4)=NO3)c2)c(F)c1. The lowest BCUT2D eigenvalue weighted by atomic mass is 9.90. The van der Waals surface area contributed by atoms with Crippen LogP contribution in [0.1, 0.15) is 64.7 Å². The summed E-state index contributed by atoms with van der Waals surface area (Å²) in [6, 6.07) is 18.9. The maximum absolute atomic E-state index is 14.9. The predicted octanol–water partition coefficient (Wildman–Crippen LogP) is 6.97. The topological polar surface area (TPSA) is 64.4 Å². The van der Waals surface area contributed by atoms with Gasteiger partial charge in [0.05, 0.1) is 11.9 Å². The normalized spacial score (nSPS) is 15.7. The molecule has 0 spiro atoms. The van der Waals surface area contributed by atoms with Gasteiger partial charge in [0.2, 0.25) is 0 Å². The van der Waals surface area contributed by atoms with E-state index in [0.29, 0.717) is 34.5 Å². The fraction of sp³-hybridized carbons (Fsp3) is 0.200. The van der Waals surface area contributed by atoms with Crippen molar-refractivity contribution in [1.82, 2.24) is 9.97 Å². The van der Waals surface area contributed by atoms with Gasteiger partial charge in [-0.3, -0.25) is 14.8 Å². The highest BCUT2D eigenvalue weighted by Gasteiger charge is 2.27. The van der Waals surface area contributed by atoms with Crippen LogP contribution < -0.4 is 0 Å². The maximum atomic E-state index is 14.9. The zero-order valence-corrected chi connectivity index (χ0v) is 20.5. The van der Waals surface area contributed by atoms with E-state index in [4.69, 9.17) is 4.84 Å². The van der Waals surface area contributed by atoms with Crippen LogP contribution in [0.2, 0.25) is 0 Å². The number of benzene rings is 2. The van der Waals surface area contributed by atoms with Gasteiger partial charge in [-0.25, -0.2) is 8.78 Å². The van der Waals surface area contributed by atoms with E-state index >= 15 is 0 Å². The molecule has 7 heteroatoms. The molecule has 186 valence electrons. The van der Waals surface area contributed by atoms with Gasteiger partial charge in [-0.1, -0.05) is 30.3 Å². The second-order valence-electron chi connectivity index (χ2n) is 9.31. The lowest BCUT2D eigenvalue weighted by Crippen LogP contribution is -2.09. The van der Waals surface area contributed by atoms with Crippen molar-refractivity contribution in [2.24, 2.45) is 5.16 Å². The van der Waals surface area contributed by atoms with Crippen LogP contribution in [-0.2, 0) is 4.84 Å². The van der Waals surface area contributed by atoms with Crippen molar-refractivity contribution in [1.29, 1.82) is 0 Å². The van der Waals surface area contributed by atoms with Crippen molar-refractivity contribution in [3.63, 3.8) is 0 Å². The van der Waals surface area contributed by atoms with Crippen molar-refractivity contribution in [2.45, 2.75) is 38.7 Å². The number of aromatic nitrogens is 2. The summed E-state index contributed by atoms with van der Waals surface area (Å²) in [6.45, 7) is 3.70. The van der Waals surface area contributed by atoms with Crippen molar-refractivity contribution in [3.8, 4) is 11.1 Å². The quantitative estimate of drug-likeness (QED) is 0.259. The van der Waals surface area contributed by atoms with Crippen LogP contribution in [0.15, 0.2) is 84.3 Å². The molecular formula is C30H25F2N3O2. The lowest BCUT2D eigenvalue weighted by molar-refractivity contribution is 0.0855. The Balaban J connectivity index is 1.47. The first-order chi connectivity index (χ1) is 17.9. The summed E-state index contributed by atoms with van der Waals surface area (Å²) in [7, 11) is 0. The highest BCUT2D eigenvalue weighted by Crippen LogP contribution is 2.34. The van der Waals surface area contributed by atoms with Crippen LogP contribution in [0.3, 0.4) is 0 Å². The zero-order chi connectivity index (χ0) is 25.9. The third kappa shape index (κ3) is 5.45. The van der Waals surface area contributed by atoms with Crippen molar-refractivity contribution >= 4 is 11.5 Å². The van der Waals surface area contributed by atoms with Crippen LogP contribution >= 0.6 is 0 Å². The Labute approximate surface area is 213 Å². The number of carbonyl (C=O) groups excluding carboxylic acids is 1. The molecule has 0 amide bonds. The number of aryl methyl sites for hydroxylation is 1. The number of pyridine rings is 2. The summed E-state index contributed by atoms with van der Waals surface area (Å²) >= 11 is 0. The molecule has 0 bridgehead atoms. The Hall–Kier alpha value is -4.26. The van der Waals surface area contributed by atoms with Gasteiger partial charge in [0.15, 0.2) is 11.9 Å². The minimum Gasteiger partial charge on any atom is -0.387 e. The van der Waals surface area contributed by atoms with Gasteiger partial charge in [-0.05, 0) is 72.1 Å². The summed E-state index contributed by atoms with van der Waals surface area (Å²) in [5.41, 5.74) is 5.02. The monoisotopic (exact) mass is 497 g/mol. The van der Waals surface area contributed by atoms with E-state index in [1.807, 2.05) is 44.2 Å². The Morgan fingerprint density at radius 1 is 1.05 bits per heavy atom. The van der Waals surface area contributed by atoms with Crippen LogP contribution in [0.4, 0.5) is 8.78 Å². The smallest absolute Gasteiger partial charge is 0.163 e. The molecule has 1 aliphatic heterocycles. The van der Waals surface area contributed by atoms with Crippen molar-refractivity contribution < 1.29 is 18.4 Å². The van der Waals surface area contributed by atoms with E-state index in [2.05, 4.69) is 15.1 Å². The van der Waals surface area contributed by atoms with Crippen LogP contribution in [0.5, 0.6) is 0 Å². The zero-order valence-electron chi connectivity index (χ0n) is 20.5. The molecule has 2 atom stereocenters. The van der Waals surface area contributed by atoms with Gasteiger partial charge < -0.3 is 4.84 Å². The number of halogens is 2. The first-order valence-electron chi connectivity index (χ1n) is 12.1. The minimum absolute atomic E-state index is 0.127. The van der Waals surface area contributed by atoms with Gasteiger partial charge in [0.25, 0.3) is 0 Å². The number of nitrogens with zero attached hydrogens (tertiary/aromatic N) is 3. The number of hydrogen-bond acceptors (Lipinski definition) is 5. The summed E-state index contributed by atoms with van der Waals surface area (Å²) in [6.07, 6.45) is 3.04. The molecule has 0 aliphatic carbocycles. The average molecular weight is 498 g/mol. The molecule has 0 N–H and O–H groups in total. The van der Waals surface area contributed by atoms with E-state index in [9.17, 15) is 13.6 Å². The molecule has 3 heterocycles. The molecule has 5 rings (SSSR count). The number of carbonyl (C=O) groups is 1. The number of oxime groups is 1. The maximum Gasteiger partial charge on any atom is 0.163 e. The fourth-order valence-electron chi connectivity index (χ4n) is 4.43. The summed E-state index contributed by atoms with van der Waals surface area (Å²) in [5, 5.41) is 4.22. The molecule has 4 aromatic rings. The van der Waals surface area contributed by atoms with Gasteiger partial charge in [-0.15, -0.1) is 0 Å². The highest BCUT2D eigenvalue weighted by atomic mass is 19.1. The number of rotatable bonds is 7. The number of Topliss-reactive ketones (excluding diaryl/α,β-unsaturated/α-hetero) is 1. The Morgan fingerprint density at radius 2 is 1.92 bits per heavy atom. The standard InChI is InChI=1S/C30H25F2N3O2/c1-18-6-8-24(25(32)11-18)20-13-21(29(36)12-19(2)26-9-7-23(31)17-34-26)15-22(14-20)30-16-28(35-37-30)27-5-3-4-10-33-27/h3-11,13-15,17,19,30H,12,16H2,1-2H3/t19-,30?/m0/s1. The molecule has 1 aliphatic rings. The second kappa shape index (κ2) is 10.4. The van der Waals surface area contributed by atoms with E-state index in [-0.39, 0.29) is 23.9 Å². The molecule has 0 saturated heterocycles. The van der Waals surface area contributed by atoms with Crippen molar-refractivity contribution in [2.75, 3.05) is 0 Å². The molecule has 0 fully saturated rings. The molecule has 1 unspecified atom stereocenters. The summed E-state index contributed by atoms with van der Waals surface area (Å²) < 4.78 is 28.2. The van der Waals surface area contributed by atoms with Crippen LogP contribution in [0.25, 0.3) is 11.1 Å². The lowest BCUT2D eigenvalue weighted by Gasteiger charge is -2.15. The van der Waals surface area contributed by atoms with Gasteiger partial charge in [0, 0.05) is 41.8 Å². The summed E-state index contributed by atoms with van der Waals surface area (Å²) in [4.78, 5) is 27.6. The highest BCUT2D eigenvalue weighted by molar-refractivity contribution is 6.00. The van der Waals surface area contributed by atoms with E-state index in [1.165, 1.54) is 12.1 Å². The first kappa shape index (κ1) is 24.4. The molecule has 5 nitrogen and oxygen atoms in total. The Kier molecular flexibility index (Phi) is 6.86. The molecule has 2 aromatic carbocycles. The summed E-state index contributed by atoms with van der Waals surface area (Å²) in [5.74, 6) is -1.14. The Bertz CT molecular complexity index is 1470.